The van der Waals surface area contributed by atoms with Gasteiger partial charge in [-0.2, -0.15) is 0 Å². The molecule has 4 aliphatic rings. The maximum absolute atomic E-state index is 11.2. The van der Waals surface area contributed by atoms with E-state index in [1.807, 2.05) is 12.1 Å². The molecule has 4 bridgehead atoms. The van der Waals surface area contributed by atoms with Crippen molar-refractivity contribution in [3.63, 3.8) is 0 Å². The first-order valence-corrected chi connectivity index (χ1v) is 12.8. The predicted molar refractivity (Wildman–Crippen MR) is 137 cm³/mol. The first-order valence-electron chi connectivity index (χ1n) is 12.8. The van der Waals surface area contributed by atoms with Gasteiger partial charge in [0.25, 0.3) is 0 Å². The topological polar surface area (TPSA) is 65.0 Å². The van der Waals surface area contributed by atoms with Gasteiger partial charge in [0, 0.05) is 12.7 Å². The molecule has 1 N–H and O–H groups in total. The highest BCUT2D eigenvalue weighted by atomic mass is 16.7. The standard InChI is InChI=1S/C30H36O5/c1-20(11-21-3-5-25(6-4-21)29(31)32)26-7-8-27(28(15-26)35-19-34-10-9-33-2)30-16-22-12-23(17-30)14-24(13-22)18-30/h3-8,11,15,22-24H,9-10,12-14,16-19H2,1-2H3,(H,31,32)/b20-11-. The molecule has 0 atom stereocenters. The minimum atomic E-state index is -0.910. The minimum absolute atomic E-state index is 0.214. The molecule has 6 rings (SSSR count). The van der Waals surface area contributed by atoms with E-state index < -0.39 is 5.97 Å². The van der Waals surface area contributed by atoms with Crippen LogP contribution >= 0.6 is 0 Å². The maximum Gasteiger partial charge on any atom is 0.335 e. The lowest BCUT2D eigenvalue weighted by molar-refractivity contribution is -0.0189. The number of carboxylic acids is 1. The number of rotatable bonds is 10. The molecule has 4 aliphatic carbocycles. The van der Waals surface area contributed by atoms with Crippen LogP contribution in [-0.4, -0.2) is 38.2 Å². The summed E-state index contributed by atoms with van der Waals surface area (Å²) >= 11 is 0. The van der Waals surface area contributed by atoms with Crippen molar-refractivity contribution in [3.05, 3.63) is 64.7 Å². The Labute approximate surface area is 208 Å². The molecule has 0 aliphatic heterocycles. The lowest BCUT2D eigenvalue weighted by Gasteiger charge is -2.57. The number of hydrogen-bond acceptors (Lipinski definition) is 4. The molecule has 0 aromatic heterocycles. The van der Waals surface area contributed by atoms with Crippen LogP contribution in [0.4, 0.5) is 0 Å². The number of methoxy groups -OCH3 is 1. The van der Waals surface area contributed by atoms with Crippen molar-refractivity contribution in [2.75, 3.05) is 27.1 Å². The van der Waals surface area contributed by atoms with Gasteiger partial charge >= 0.3 is 5.97 Å². The van der Waals surface area contributed by atoms with Gasteiger partial charge in [-0.05, 0) is 104 Å². The highest BCUT2D eigenvalue weighted by Crippen LogP contribution is 2.62. The van der Waals surface area contributed by atoms with Gasteiger partial charge in [0.15, 0.2) is 6.79 Å². The van der Waals surface area contributed by atoms with Crippen LogP contribution < -0.4 is 4.74 Å². The van der Waals surface area contributed by atoms with Crippen molar-refractivity contribution in [1.82, 2.24) is 0 Å². The van der Waals surface area contributed by atoms with Crippen LogP contribution in [0, 0.1) is 17.8 Å². The van der Waals surface area contributed by atoms with Crippen molar-refractivity contribution in [2.24, 2.45) is 17.8 Å². The van der Waals surface area contributed by atoms with Gasteiger partial charge in [0.2, 0.25) is 0 Å². The molecule has 4 saturated carbocycles. The molecular formula is C30H36O5. The van der Waals surface area contributed by atoms with E-state index in [0.717, 1.165) is 40.2 Å². The molecule has 2 aromatic rings. The molecule has 5 heteroatoms. The average Bonchev–Trinajstić information content (AvgIpc) is 2.83. The number of carbonyl (C=O) groups is 1. The highest BCUT2D eigenvalue weighted by molar-refractivity contribution is 5.88. The Hall–Kier alpha value is -2.63. The SMILES string of the molecule is COCCOCOc1cc(/C(C)=C\c2ccc(C(=O)O)cc2)ccc1C12CC3CC(CC(C3)C1)C2. The Balaban J connectivity index is 1.42. The normalized spacial score (nSPS) is 27.3. The Morgan fingerprint density at radius 2 is 1.60 bits per heavy atom. The van der Waals surface area contributed by atoms with Crippen LogP contribution in [0.3, 0.4) is 0 Å². The summed E-state index contributed by atoms with van der Waals surface area (Å²) in [4.78, 5) is 11.2. The van der Waals surface area contributed by atoms with Crippen molar-refractivity contribution < 1.29 is 24.1 Å². The zero-order valence-corrected chi connectivity index (χ0v) is 20.8. The van der Waals surface area contributed by atoms with Crippen LogP contribution in [0.1, 0.15) is 72.5 Å². The van der Waals surface area contributed by atoms with Crippen molar-refractivity contribution >= 4 is 17.6 Å². The van der Waals surface area contributed by atoms with Crippen LogP contribution in [0.15, 0.2) is 42.5 Å². The summed E-state index contributed by atoms with van der Waals surface area (Å²) in [6.45, 7) is 3.36. The molecule has 5 nitrogen and oxygen atoms in total. The third kappa shape index (κ3) is 5.17. The molecule has 35 heavy (non-hydrogen) atoms. The van der Waals surface area contributed by atoms with E-state index in [1.54, 1.807) is 19.2 Å². The number of aromatic carboxylic acids is 1. The fourth-order valence-corrected chi connectivity index (χ4v) is 7.13. The molecule has 186 valence electrons. The maximum atomic E-state index is 11.2. The van der Waals surface area contributed by atoms with Crippen molar-refractivity contribution in [2.45, 2.75) is 50.9 Å². The summed E-state index contributed by atoms with van der Waals surface area (Å²) in [6, 6.07) is 13.7. The number of benzene rings is 2. The largest absolute Gasteiger partial charge is 0.478 e. The molecule has 0 heterocycles. The number of carboxylic acid groups (broad SMARTS) is 1. The monoisotopic (exact) mass is 476 g/mol. The van der Waals surface area contributed by atoms with E-state index in [-0.39, 0.29) is 12.2 Å². The summed E-state index contributed by atoms with van der Waals surface area (Å²) in [5.41, 5.74) is 5.07. The van der Waals surface area contributed by atoms with Gasteiger partial charge in [-0.3, -0.25) is 0 Å². The lowest BCUT2D eigenvalue weighted by atomic mass is 9.48. The van der Waals surface area contributed by atoms with Gasteiger partial charge in [-0.25, -0.2) is 4.79 Å². The number of hydrogen-bond donors (Lipinski definition) is 1. The van der Waals surface area contributed by atoms with Crippen LogP contribution in [0.5, 0.6) is 5.75 Å². The second-order valence-electron chi connectivity index (χ2n) is 10.8. The van der Waals surface area contributed by atoms with Crippen LogP contribution in [-0.2, 0) is 14.9 Å². The first-order chi connectivity index (χ1) is 17.0. The molecule has 0 saturated heterocycles. The van der Waals surface area contributed by atoms with E-state index in [0.29, 0.717) is 18.8 Å². The van der Waals surface area contributed by atoms with Gasteiger partial charge in [-0.15, -0.1) is 0 Å². The van der Waals surface area contributed by atoms with E-state index in [4.69, 9.17) is 19.3 Å². The molecule has 0 unspecified atom stereocenters. The predicted octanol–water partition coefficient (Wildman–Crippen LogP) is 6.41. The fourth-order valence-electron chi connectivity index (χ4n) is 7.13. The van der Waals surface area contributed by atoms with Crippen molar-refractivity contribution in [1.29, 1.82) is 0 Å². The summed E-state index contributed by atoms with van der Waals surface area (Å²) < 4.78 is 17.0. The Morgan fingerprint density at radius 1 is 0.971 bits per heavy atom. The Bertz CT molecular complexity index is 1050. The van der Waals surface area contributed by atoms with Gasteiger partial charge < -0.3 is 19.3 Å². The van der Waals surface area contributed by atoms with Crippen LogP contribution in [0.25, 0.3) is 11.6 Å². The van der Waals surface area contributed by atoms with E-state index in [2.05, 4.69) is 31.2 Å². The minimum Gasteiger partial charge on any atom is -0.478 e. The van der Waals surface area contributed by atoms with E-state index in [9.17, 15) is 4.79 Å². The summed E-state index contributed by atoms with van der Waals surface area (Å²) in [7, 11) is 1.67. The molecular weight excluding hydrogens is 440 g/mol. The average molecular weight is 477 g/mol. The first kappa shape index (κ1) is 24.1. The van der Waals surface area contributed by atoms with Gasteiger partial charge in [-0.1, -0.05) is 30.3 Å². The highest BCUT2D eigenvalue weighted by Gasteiger charge is 2.52. The zero-order valence-electron chi connectivity index (χ0n) is 20.8. The smallest absolute Gasteiger partial charge is 0.335 e. The van der Waals surface area contributed by atoms with E-state index in [1.165, 1.54) is 44.1 Å². The van der Waals surface area contributed by atoms with Crippen molar-refractivity contribution in [3.8, 4) is 5.75 Å². The van der Waals surface area contributed by atoms with Gasteiger partial charge in [0.05, 0.1) is 18.8 Å². The second-order valence-corrected chi connectivity index (χ2v) is 10.8. The summed E-state index contributed by atoms with van der Waals surface area (Å²) in [5, 5.41) is 9.15. The third-order valence-electron chi connectivity index (χ3n) is 8.32. The summed E-state index contributed by atoms with van der Waals surface area (Å²) in [6.07, 6.45) is 10.2. The Morgan fingerprint density at radius 3 is 2.20 bits per heavy atom. The Kier molecular flexibility index (Phi) is 6.99. The van der Waals surface area contributed by atoms with Crippen LogP contribution in [0.2, 0.25) is 0 Å². The number of allylic oxidation sites excluding steroid dienone is 1. The zero-order chi connectivity index (χ0) is 24.4. The second kappa shape index (κ2) is 10.2. The third-order valence-corrected chi connectivity index (χ3v) is 8.32. The molecule has 2 aromatic carbocycles. The molecule has 0 spiro atoms. The van der Waals surface area contributed by atoms with E-state index >= 15 is 0 Å². The fraction of sp³-hybridized carbons (Fsp3) is 0.500. The molecule has 4 fully saturated rings. The van der Waals surface area contributed by atoms with Gasteiger partial charge in [0.1, 0.15) is 5.75 Å². The summed E-state index contributed by atoms with van der Waals surface area (Å²) in [5.74, 6) is 2.62. The quantitative estimate of drug-likeness (QED) is 0.244. The molecule has 0 radical (unpaired) electrons. The lowest BCUT2D eigenvalue weighted by Crippen LogP contribution is -2.48. The molecule has 0 amide bonds. The number of ether oxygens (including phenoxy) is 3.